The molecule has 0 bridgehead atoms. The summed E-state index contributed by atoms with van der Waals surface area (Å²) in [5, 5.41) is 4.19. The third-order valence-electron chi connectivity index (χ3n) is 5.32. The van der Waals surface area contributed by atoms with Crippen LogP contribution in [0.1, 0.15) is 11.1 Å². The van der Waals surface area contributed by atoms with E-state index in [0.29, 0.717) is 0 Å². The molecule has 0 heterocycles. The molecule has 0 atom stereocenters. The van der Waals surface area contributed by atoms with Gasteiger partial charge in [-0.05, 0) is 36.7 Å². The largest absolute Gasteiger partial charge is 2.00 e. The first kappa shape index (κ1) is 30.9. The summed E-state index contributed by atoms with van der Waals surface area (Å²) in [6, 6.07) is 54.4. The van der Waals surface area contributed by atoms with Crippen molar-refractivity contribution >= 4 is 23.8 Å². The monoisotopic (exact) mass is 691 g/mol. The average molecular weight is 692 g/mol. The predicted octanol–water partition coefficient (Wildman–Crippen LogP) is 7.87. The maximum atomic E-state index is 3.64. The minimum absolute atomic E-state index is 0. The van der Waals surface area contributed by atoms with E-state index in [1.54, 1.807) is 0 Å². The van der Waals surface area contributed by atoms with Crippen molar-refractivity contribution in [3.63, 3.8) is 0 Å². The standard InChI is InChI=1S/C18H15P.2C9H9.Pt/c1-4-10-16(11-5-1)19(17-12-6-2-7-13-17)18-14-8-3-9-15-18;2*1-2-6-9-7-4-3-5-8-9;/h1-15H;2*2-5,7H,1,6H2;/q;2*-1;+2. The second-order valence-corrected chi connectivity index (χ2v) is 10.3. The van der Waals surface area contributed by atoms with Gasteiger partial charge < -0.3 is 0 Å². The van der Waals surface area contributed by atoms with Crippen LogP contribution in [-0.2, 0) is 33.9 Å². The summed E-state index contributed by atoms with van der Waals surface area (Å²) >= 11 is 0. The van der Waals surface area contributed by atoms with Gasteiger partial charge in [-0.25, -0.2) is 0 Å². The molecular weight excluding hydrogens is 658 g/mol. The van der Waals surface area contributed by atoms with E-state index in [2.05, 4.69) is 116 Å². The molecule has 0 saturated heterocycles. The first-order valence-electron chi connectivity index (χ1n) is 12.4. The summed E-state index contributed by atoms with van der Waals surface area (Å²) in [6.45, 7) is 7.27. The van der Waals surface area contributed by atoms with Gasteiger partial charge in [0.2, 0.25) is 0 Å². The molecule has 0 aliphatic heterocycles. The maximum absolute atomic E-state index is 3.64. The average Bonchev–Trinajstić information content (AvgIpc) is 2.97. The van der Waals surface area contributed by atoms with Crippen LogP contribution in [0.2, 0.25) is 0 Å². The normalized spacial score (nSPS) is 9.50. The molecule has 5 rings (SSSR count). The molecule has 5 aromatic carbocycles. The van der Waals surface area contributed by atoms with Crippen molar-refractivity contribution in [2.75, 3.05) is 0 Å². The second kappa shape index (κ2) is 18.9. The van der Waals surface area contributed by atoms with Crippen molar-refractivity contribution < 1.29 is 21.1 Å². The predicted molar refractivity (Wildman–Crippen MR) is 164 cm³/mol. The van der Waals surface area contributed by atoms with Crippen LogP contribution in [-0.4, -0.2) is 0 Å². The van der Waals surface area contributed by atoms with Crippen molar-refractivity contribution in [1.82, 2.24) is 0 Å². The summed E-state index contributed by atoms with van der Waals surface area (Å²) in [7, 11) is -0.446. The Labute approximate surface area is 244 Å². The van der Waals surface area contributed by atoms with E-state index >= 15 is 0 Å². The van der Waals surface area contributed by atoms with E-state index in [9.17, 15) is 0 Å². The third kappa shape index (κ3) is 11.0. The number of hydrogen-bond donors (Lipinski definition) is 0. The Kier molecular flexibility index (Phi) is 15.4. The summed E-state index contributed by atoms with van der Waals surface area (Å²) in [6.07, 6.45) is 5.60. The zero-order chi connectivity index (χ0) is 26.0. The number of hydrogen-bond acceptors (Lipinski definition) is 0. The SMILES string of the molecule is C=CCc1[c-]cccc1.C=CCc1[c-]cccc1.[Pt+2].c1ccc(P(c2ccccc2)c2ccccc2)cc1. The molecule has 192 valence electrons. The Morgan fingerprint density at radius 3 is 1.05 bits per heavy atom. The third-order valence-corrected chi connectivity index (χ3v) is 7.76. The van der Waals surface area contributed by atoms with Crippen LogP contribution in [0.25, 0.3) is 0 Å². The Morgan fingerprint density at radius 1 is 0.474 bits per heavy atom. The quantitative estimate of drug-likeness (QED) is 0.0927. The van der Waals surface area contributed by atoms with Crippen LogP contribution in [0.4, 0.5) is 0 Å². The van der Waals surface area contributed by atoms with Crippen molar-refractivity contribution in [2.45, 2.75) is 12.8 Å². The van der Waals surface area contributed by atoms with E-state index in [4.69, 9.17) is 0 Å². The number of rotatable bonds is 7. The van der Waals surface area contributed by atoms with Gasteiger partial charge in [-0.3, -0.25) is 0 Å². The fraction of sp³-hybridized carbons (Fsp3) is 0.0556. The molecule has 38 heavy (non-hydrogen) atoms. The number of allylic oxidation sites excluding steroid dienone is 2. The van der Waals surface area contributed by atoms with Crippen molar-refractivity contribution in [3.05, 3.63) is 188 Å². The fourth-order valence-corrected chi connectivity index (χ4v) is 5.91. The minimum Gasteiger partial charge on any atom is -0.180 e. The van der Waals surface area contributed by atoms with E-state index in [1.165, 1.54) is 27.0 Å². The van der Waals surface area contributed by atoms with Gasteiger partial charge in [-0.15, -0.1) is 13.2 Å². The second-order valence-electron chi connectivity index (χ2n) is 8.10. The van der Waals surface area contributed by atoms with Gasteiger partial charge in [0.25, 0.3) is 0 Å². The molecule has 0 nitrogen and oxygen atoms in total. The first-order valence-corrected chi connectivity index (χ1v) is 13.7. The molecule has 2 heteroatoms. The van der Waals surface area contributed by atoms with Crippen LogP contribution in [0.3, 0.4) is 0 Å². The molecule has 0 aliphatic carbocycles. The van der Waals surface area contributed by atoms with Gasteiger partial charge in [0, 0.05) is 0 Å². The van der Waals surface area contributed by atoms with Crippen LogP contribution in [0, 0.1) is 12.1 Å². The van der Waals surface area contributed by atoms with Crippen LogP contribution in [0.5, 0.6) is 0 Å². The molecule has 0 saturated carbocycles. The summed E-state index contributed by atoms with van der Waals surface area (Å²) in [5.74, 6) is 0. The fourth-order valence-electron chi connectivity index (χ4n) is 3.60. The first-order chi connectivity index (χ1) is 18.3. The zero-order valence-electron chi connectivity index (χ0n) is 21.5. The van der Waals surface area contributed by atoms with Gasteiger partial charge >= 0.3 is 21.1 Å². The van der Waals surface area contributed by atoms with E-state index in [-0.39, 0.29) is 21.1 Å². The van der Waals surface area contributed by atoms with Crippen molar-refractivity contribution in [3.8, 4) is 0 Å². The molecule has 5 aromatic rings. The van der Waals surface area contributed by atoms with Gasteiger partial charge in [0.05, 0.1) is 0 Å². The molecule has 0 radical (unpaired) electrons. The zero-order valence-corrected chi connectivity index (χ0v) is 24.7. The molecular formula is C36H33PPt. The Hall–Kier alpha value is -3.30. The molecule has 0 amide bonds. The van der Waals surface area contributed by atoms with Crippen molar-refractivity contribution in [2.24, 2.45) is 0 Å². The van der Waals surface area contributed by atoms with Gasteiger partial charge in [-0.1, -0.05) is 103 Å². The summed E-state index contributed by atoms with van der Waals surface area (Å²) in [4.78, 5) is 0. The Bertz CT molecular complexity index is 1130. The molecule has 0 spiro atoms. The van der Waals surface area contributed by atoms with Gasteiger partial charge in [0.15, 0.2) is 0 Å². The molecule has 0 fully saturated rings. The van der Waals surface area contributed by atoms with E-state index < -0.39 is 7.92 Å². The maximum Gasteiger partial charge on any atom is 2.00 e. The van der Waals surface area contributed by atoms with E-state index in [1.807, 2.05) is 60.7 Å². The molecule has 0 N–H and O–H groups in total. The van der Waals surface area contributed by atoms with Gasteiger partial charge in [0.1, 0.15) is 0 Å². The summed E-state index contributed by atoms with van der Waals surface area (Å²) in [5.41, 5.74) is 2.40. The topological polar surface area (TPSA) is 0 Å². The summed E-state index contributed by atoms with van der Waals surface area (Å²) < 4.78 is 0. The van der Waals surface area contributed by atoms with Crippen molar-refractivity contribution in [1.29, 1.82) is 0 Å². The molecule has 0 unspecified atom stereocenters. The van der Waals surface area contributed by atoms with Crippen LogP contribution >= 0.6 is 7.92 Å². The van der Waals surface area contributed by atoms with E-state index in [0.717, 1.165) is 12.8 Å². The molecule has 0 aliphatic rings. The van der Waals surface area contributed by atoms with Crippen LogP contribution < -0.4 is 15.9 Å². The Morgan fingerprint density at radius 2 is 0.789 bits per heavy atom. The Balaban J connectivity index is 0.000000224. The van der Waals surface area contributed by atoms with Gasteiger partial charge in [-0.2, -0.15) is 71.8 Å². The smallest absolute Gasteiger partial charge is 0.180 e. The number of benzene rings is 5. The molecule has 0 aromatic heterocycles. The van der Waals surface area contributed by atoms with Crippen LogP contribution in [0.15, 0.2) is 165 Å². The minimum atomic E-state index is -0.446.